The molecule has 0 unspecified atom stereocenters. The summed E-state index contributed by atoms with van der Waals surface area (Å²) in [5.41, 5.74) is 2.26. The number of hydrogen-bond donors (Lipinski definition) is 2. The fourth-order valence-electron chi connectivity index (χ4n) is 3.49. The summed E-state index contributed by atoms with van der Waals surface area (Å²) in [6.45, 7) is 1.18. The first kappa shape index (κ1) is 20.3. The fourth-order valence-corrected chi connectivity index (χ4v) is 3.49. The maximum absolute atomic E-state index is 12.6. The number of nitro groups is 1. The number of amides is 2. The number of piperidine rings is 1. The predicted octanol–water partition coefficient (Wildman–Crippen LogP) is 2.74. The lowest BCUT2D eigenvalue weighted by Gasteiger charge is -2.32. The number of likely N-dealkylation sites (N-methyl/N-ethyl adjacent to an activating group) is 1. The average molecular weight is 396 g/mol. The normalized spacial score (nSPS) is 14.3. The maximum atomic E-state index is 12.6. The van der Waals surface area contributed by atoms with Gasteiger partial charge in [-0.15, -0.1) is 0 Å². The van der Waals surface area contributed by atoms with Crippen LogP contribution in [0.1, 0.15) is 18.4 Å². The summed E-state index contributed by atoms with van der Waals surface area (Å²) < 4.78 is 0. The standard InChI is InChI=1S/C21H24N4O4/c1-22-20(26)14-15-6-8-17(9-7-15)23-21(27)16-10-12-24(13-11-16)18-4-2-3-5-19(18)25(28)29/h2-9,16H,10-14H2,1H3,(H,22,26)(H,23,27). The summed E-state index contributed by atoms with van der Waals surface area (Å²) in [4.78, 5) is 36.8. The molecule has 1 saturated heterocycles. The first-order valence-corrected chi connectivity index (χ1v) is 9.56. The van der Waals surface area contributed by atoms with Crippen molar-refractivity contribution in [2.24, 2.45) is 5.92 Å². The Labute approximate surface area is 169 Å². The quantitative estimate of drug-likeness (QED) is 0.577. The molecule has 0 aromatic heterocycles. The van der Waals surface area contributed by atoms with Crippen molar-refractivity contribution in [3.05, 3.63) is 64.2 Å². The second kappa shape index (κ2) is 9.18. The Kier molecular flexibility index (Phi) is 6.43. The van der Waals surface area contributed by atoms with E-state index in [2.05, 4.69) is 10.6 Å². The first-order valence-electron chi connectivity index (χ1n) is 9.56. The largest absolute Gasteiger partial charge is 0.366 e. The Morgan fingerprint density at radius 1 is 1.10 bits per heavy atom. The minimum absolute atomic E-state index is 0.0498. The summed E-state index contributed by atoms with van der Waals surface area (Å²) >= 11 is 0. The highest BCUT2D eigenvalue weighted by Gasteiger charge is 2.28. The molecule has 2 amide bonds. The highest BCUT2D eigenvalue weighted by molar-refractivity contribution is 5.92. The van der Waals surface area contributed by atoms with Crippen LogP contribution in [-0.2, 0) is 16.0 Å². The van der Waals surface area contributed by atoms with Crippen molar-refractivity contribution in [3.8, 4) is 0 Å². The zero-order chi connectivity index (χ0) is 20.8. The van der Waals surface area contributed by atoms with Crippen molar-refractivity contribution in [1.29, 1.82) is 0 Å². The van der Waals surface area contributed by atoms with Gasteiger partial charge in [0.15, 0.2) is 0 Å². The number of rotatable bonds is 6. The van der Waals surface area contributed by atoms with Gasteiger partial charge in [-0.2, -0.15) is 0 Å². The molecular weight excluding hydrogens is 372 g/mol. The van der Waals surface area contributed by atoms with E-state index in [1.54, 1.807) is 37.4 Å². The van der Waals surface area contributed by atoms with Crippen LogP contribution >= 0.6 is 0 Å². The van der Waals surface area contributed by atoms with Crippen LogP contribution in [0.5, 0.6) is 0 Å². The maximum Gasteiger partial charge on any atom is 0.292 e. The second-order valence-corrected chi connectivity index (χ2v) is 7.04. The van der Waals surface area contributed by atoms with Gasteiger partial charge in [-0.05, 0) is 36.6 Å². The van der Waals surface area contributed by atoms with Gasteiger partial charge in [0.1, 0.15) is 5.69 Å². The highest BCUT2D eigenvalue weighted by atomic mass is 16.6. The van der Waals surface area contributed by atoms with Gasteiger partial charge in [0.2, 0.25) is 11.8 Å². The van der Waals surface area contributed by atoms with Gasteiger partial charge in [0.05, 0.1) is 11.3 Å². The van der Waals surface area contributed by atoms with E-state index < -0.39 is 0 Å². The molecule has 8 heteroatoms. The van der Waals surface area contributed by atoms with E-state index in [-0.39, 0.29) is 28.3 Å². The van der Waals surface area contributed by atoms with Gasteiger partial charge in [-0.25, -0.2) is 0 Å². The molecule has 8 nitrogen and oxygen atoms in total. The molecule has 0 aliphatic carbocycles. The van der Waals surface area contributed by atoms with Gasteiger partial charge >= 0.3 is 0 Å². The fraction of sp³-hybridized carbons (Fsp3) is 0.333. The topological polar surface area (TPSA) is 105 Å². The molecule has 0 atom stereocenters. The molecule has 0 saturated carbocycles. The number of para-hydroxylation sites is 2. The Bertz CT molecular complexity index is 890. The number of carbonyl (C=O) groups excluding carboxylic acids is 2. The number of nitro benzene ring substituents is 1. The zero-order valence-electron chi connectivity index (χ0n) is 16.3. The molecule has 1 aliphatic heterocycles. The van der Waals surface area contributed by atoms with Crippen molar-refractivity contribution in [1.82, 2.24) is 5.32 Å². The predicted molar refractivity (Wildman–Crippen MR) is 111 cm³/mol. The molecule has 152 valence electrons. The van der Waals surface area contributed by atoms with E-state index in [1.165, 1.54) is 6.07 Å². The SMILES string of the molecule is CNC(=O)Cc1ccc(NC(=O)C2CCN(c3ccccc3[N+](=O)[O-])CC2)cc1. The van der Waals surface area contributed by atoms with E-state index in [1.807, 2.05) is 17.0 Å². The minimum atomic E-state index is -0.373. The van der Waals surface area contributed by atoms with Crippen molar-refractivity contribution in [3.63, 3.8) is 0 Å². The van der Waals surface area contributed by atoms with Crippen LogP contribution in [0.3, 0.4) is 0 Å². The Hall–Kier alpha value is -3.42. The second-order valence-electron chi connectivity index (χ2n) is 7.04. The van der Waals surface area contributed by atoms with Crippen molar-refractivity contribution < 1.29 is 14.5 Å². The molecule has 0 spiro atoms. The monoisotopic (exact) mass is 396 g/mol. The van der Waals surface area contributed by atoms with Crippen molar-refractivity contribution in [2.75, 3.05) is 30.4 Å². The third-order valence-corrected chi connectivity index (χ3v) is 5.15. The molecule has 1 fully saturated rings. The first-order chi connectivity index (χ1) is 14.0. The highest BCUT2D eigenvalue weighted by Crippen LogP contribution is 2.31. The molecule has 2 aromatic carbocycles. The van der Waals surface area contributed by atoms with Crippen LogP contribution in [0.4, 0.5) is 17.1 Å². The van der Waals surface area contributed by atoms with Gasteiger partial charge < -0.3 is 15.5 Å². The lowest BCUT2D eigenvalue weighted by Crippen LogP contribution is -2.38. The van der Waals surface area contributed by atoms with Crippen LogP contribution < -0.4 is 15.5 Å². The van der Waals surface area contributed by atoms with Crippen LogP contribution in [0.15, 0.2) is 48.5 Å². The van der Waals surface area contributed by atoms with E-state index >= 15 is 0 Å². The van der Waals surface area contributed by atoms with Crippen LogP contribution in [-0.4, -0.2) is 36.9 Å². The number of nitrogens with one attached hydrogen (secondary N) is 2. The van der Waals surface area contributed by atoms with Gasteiger partial charge in [0.25, 0.3) is 5.69 Å². The number of carbonyl (C=O) groups is 2. The van der Waals surface area contributed by atoms with Crippen molar-refractivity contribution >= 4 is 28.9 Å². The number of nitrogens with zero attached hydrogens (tertiary/aromatic N) is 2. The summed E-state index contributed by atoms with van der Waals surface area (Å²) in [5, 5.41) is 16.7. The Balaban J connectivity index is 1.55. The summed E-state index contributed by atoms with van der Waals surface area (Å²) in [5.74, 6) is -0.252. The molecule has 3 rings (SSSR count). The third kappa shape index (κ3) is 5.10. The summed E-state index contributed by atoms with van der Waals surface area (Å²) in [7, 11) is 1.60. The van der Waals surface area contributed by atoms with E-state index in [0.29, 0.717) is 43.7 Å². The van der Waals surface area contributed by atoms with Crippen LogP contribution in [0.2, 0.25) is 0 Å². The number of benzene rings is 2. The molecule has 0 radical (unpaired) electrons. The number of anilines is 2. The lowest BCUT2D eigenvalue weighted by molar-refractivity contribution is -0.384. The lowest BCUT2D eigenvalue weighted by atomic mass is 9.95. The Morgan fingerprint density at radius 2 is 1.76 bits per heavy atom. The molecule has 1 aliphatic rings. The van der Waals surface area contributed by atoms with Crippen LogP contribution in [0, 0.1) is 16.0 Å². The van der Waals surface area contributed by atoms with Crippen molar-refractivity contribution in [2.45, 2.75) is 19.3 Å². The Morgan fingerprint density at radius 3 is 2.38 bits per heavy atom. The van der Waals surface area contributed by atoms with Gasteiger partial charge in [-0.1, -0.05) is 24.3 Å². The minimum Gasteiger partial charge on any atom is -0.366 e. The van der Waals surface area contributed by atoms with Crippen LogP contribution in [0.25, 0.3) is 0 Å². The van der Waals surface area contributed by atoms with Gasteiger partial charge in [0, 0.05) is 37.8 Å². The molecule has 2 aromatic rings. The third-order valence-electron chi connectivity index (χ3n) is 5.15. The summed E-state index contributed by atoms with van der Waals surface area (Å²) in [6.07, 6.45) is 1.56. The molecule has 1 heterocycles. The molecule has 0 bridgehead atoms. The molecule has 29 heavy (non-hydrogen) atoms. The van der Waals surface area contributed by atoms with Gasteiger partial charge in [-0.3, -0.25) is 19.7 Å². The van der Waals surface area contributed by atoms with E-state index in [4.69, 9.17) is 0 Å². The molecular formula is C21H24N4O4. The summed E-state index contributed by atoms with van der Waals surface area (Å²) in [6, 6.07) is 13.9. The van der Waals surface area contributed by atoms with E-state index in [9.17, 15) is 19.7 Å². The zero-order valence-corrected chi connectivity index (χ0v) is 16.3. The molecule has 2 N–H and O–H groups in total. The number of hydrogen-bond acceptors (Lipinski definition) is 5. The smallest absolute Gasteiger partial charge is 0.292 e. The average Bonchev–Trinajstić information content (AvgIpc) is 2.75. The van der Waals surface area contributed by atoms with E-state index in [0.717, 1.165) is 5.56 Å².